The topological polar surface area (TPSA) is 46.9 Å². The molecule has 0 saturated carbocycles. The number of thiophene rings is 1. The summed E-state index contributed by atoms with van der Waals surface area (Å²) < 4.78 is 2.31. The van der Waals surface area contributed by atoms with Crippen LogP contribution >= 0.6 is 11.3 Å². The summed E-state index contributed by atoms with van der Waals surface area (Å²) >= 11 is 1.53. The lowest BCUT2D eigenvalue weighted by Crippen LogP contribution is -2.11. The molecule has 1 amide bonds. The molecule has 0 bridgehead atoms. The van der Waals surface area contributed by atoms with Gasteiger partial charge in [-0.25, -0.2) is 4.98 Å². The van der Waals surface area contributed by atoms with Gasteiger partial charge < -0.3 is 9.88 Å². The van der Waals surface area contributed by atoms with Gasteiger partial charge in [-0.15, -0.1) is 11.3 Å². The Balaban J connectivity index is 1.52. The number of anilines is 1. The summed E-state index contributed by atoms with van der Waals surface area (Å²) in [5.41, 5.74) is 4.38. The second-order valence-electron chi connectivity index (χ2n) is 6.56. The summed E-state index contributed by atoms with van der Waals surface area (Å²) in [5, 5.41) is 2.98. The fourth-order valence-corrected chi connectivity index (χ4v) is 4.18. The molecule has 3 aromatic rings. The lowest BCUT2D eigenvalue weighted by molar-refractivity contribution is 0.103. The number of nitrogens with zero attached hydrogens (tertiary/aromatic N) is 2. The minimum Gasteiger partial charge on any atom is -0.328 e. The van der Waals surface area contributed by atoms with Crippen molar-refractivity contribution in [2.45, 2.75) is 39.7 Å². The monoisotopic (exact) mass is 351 g/mol. The minimum absolute atomic E-state index is 0.0489. The Morgan fingerprint density at radius 3 is 2.72 bits per heavy atom. The van der Waals surface area contributed by atoms with E-state index in [2.05, 4.69) is 14.9 Å². The lowest BCUT2D eigenvalue weighted by atomic mass is 10.1. The number of benzene rings is 1. The van der Waals surface area contributed by atoms with E-state index in [0.29, 0.717) is 0 Å². The molecular weight excluding hydrogens is 330 g/mol. The number of amides is 1. The smallest absolute Gasteiger partial charge is 0.265 e. The fourth-order valence-electron chi connectivity index (χ4n) is 3.25. The second-order valence-corrected chi connectivity index (χ2v) is 7.82. The van der Waals surface area contributed by atoms with Gasteiger partial charge in [0.15, 0.2) is 0 Å². The SMILES string of the molecule is Cc1cc(C(=O)Nc2ccc(-c3ncc4n3CCCC4)cc2)sc1C. The first kappa shape index (κ1) is 16.1. The maximum absolute atomic E-state index is 12.4. The highest BCUT2D eigenvalue weighted by molar-refractivity contribution is 7.14. The number of carbonyl (C=O) groups excluding carboxylic acids is 1. The predicted molar refractivity (Wildman–Crippen MR) is 102 cm³/mol. The van der Waals surface area contributed by atoms with Crippen LogP contribution in [-0.4, -0.2) is 15.5 Å². The van der Waals surface area contributed by atoms with E-state index in [1.807, 2.05) is 50.4 Å². The number of aryl methyl sites for hydroxylation is 3. The number of nitrogens with one attached hydrogen (secondary N) is 1. The largest absolute Gasteiger partial charge is 0.328 e. The van der Waals surface area contributed by atoms with Crippen molar-refractivity contribution in [1.29, 1.82) is 0 Å². The van der Waals surface area contributed by atoms with Crippen LogP contribution in [-0.2, 0) is 13.0 Å². The van der Waals surface area contributed by atoms with Crippen LogP contribution in [0.15, 0.2) is 36.5 Å². The zero-order valence-corrected chi connectivity index (χ0v) is 15.3. The van der Waals surface area contributed by atoms with Gasteiger partial charge in [-0.2, -0.15) is 0 Å². The number of rotatable bonds is 3. The molecule has 0 atom stereocenters. The van der Waals surface area contributed by atoms with Crippen LogP contribution in [0.2, 0.25) is 0 Å². The Labute approximate surface area is 151 Å². The summed E-state index contributed by atoms with van der Waals surface area (Å²) in [6, 6.07) is 9.91. The minimum atomic E-state index is -0.0489. The average Bonchev–Trinajstić information content (AvgIpc) is 3.19. The molecule has 0 saturated heterocycles. The van der Waals surface area contributed by atoms with Crippen molar-refractivity contribution < 1.29 is 4.79 Å². The predicted octanol–water partition coefficient (Wildman–Crippen LogP) is 4.82. The first-order chi connectivity index (χ1) is 12.1. The zero-order chi connectivity index (χ0) is 17.4. The second kappa shape index (κ2) is 6.48. The van der Waals surface area contributed by atoms with Crippen molar-refractivity contribution in [3.05, 3.63) is 57.5 Å². The summed E-state index contributed by atoms with van der Waals surface area (Å²) in [6.45, 7) is 5.11. The summed E-state index contributed by atoms with van der Waals surface area (Å²) in [5.74, 6) is 0.976. The molecule has 25 heavy (non-hydrogen) atoms. The van der Waals surface area contributed by atoms with Crippen molar-refractivity contribution in [3.63, 3.8) is 0 Å². The number of aromatic nitrogens is 2. The van der Waals surface area contributed by atoms with Crippen LogP contribution in [0.25, 0.3) is 11.4 Å². The van der Waals surface area contributed by atoms with E-state index >= 15 is 0 Å². The molecule has 0 radical (unpaired) electrons. The molecule has 0 spiro atoms. The lowest BCUT2D eigenvalue weighted by Gasteiger charge is -2.16. The Bertz CT molecular complexity index is 902. The molecule has 1 aliphatic heterocycles. The third-order valence-electron chi connectivity index (χ3n) is 4.79. The zero-order valence-electron chi connectivity index (χ0n) is 14.5. The molecule has 4 rings (SSSR count). The highest BCUT2D eigenvalue weighted by Crippen LogP contribution is 2.26. The molecule has 0 fully saturated rings. The summed E-state index contributed by atoms with van der Waals surface area (Å²) in [6.07, 6.45) is 5.56. The molecular formula is C20H21N3OS. The van der Waals surface area contributed by atoms with Gasteiger partial charge in [0.05, 0.1) is 4.88 Å². The van der Waals surface area contributed by atoms with Gasteiger partial charge in [0.2, 0.25) is 0 Å². The molecule has 0 unspecified atom stereocenters. The fraction of sp³-hybridized carbons (Fsp3) is 0.300. The number of fused-ring (bicyclic) bond motifs is 1. The number of hydrogen-bond donors (Lipinski definition) is 1. The van der Waals surface area contributed by atoms with Crippen LogP contribution < -0.4 is 5.32 Å². The Hall–Kier alpha value is -2.40. The van der Waals surface area contributed by atoms with Crippen molar-refractivity contribution in [3.8, 4) is 11.4 Å². The Morgan fingerprint density at radius 1 is 1.20 bits per heavy atom. The first-order valence-electron chi connectivity index (χ1n) is 8.65. The quantitative estimate of drug-likeness (QED) is 0.735. The Kier molecular flexibility index (Phi) is 4.17. The molecule has 0 aliphatic carbocycles. The molecule has 1 aromatic carbocycles. The van der Waals surface area contributed by atoms with Crippen molar-refractivity contribution in [2.75, 3.05) is 5.32 Å². The van der Waals surface area contributed by atoms with Gasteiger partial charge in [0.25, 0.3) is 5.91 Å². The highest BCUT2D eigenvalue weighted by atomic mass is 32.1. The normalized spacial score (nSPS) is 13.5. The molecule has 1 aliphatic rings. The van der Waals surface area contributed by atoms with E-state index in [1.54, 1.807) is 0 Å². The standard InChI is InChI=1S/C20H21N3OS/c1-13-11-18(25-14(13)2)20(24)22-16-8-6-15(7-9-16)19-21-12-17-5-3-4-10-23(17)19/h6-9,11-12H,3-5,10H2,1-2H3,(H,22,24). The third-order valence-corrected chi connectivity index (χ3v) is 5.94. The van der Waals surface area contributed by atoms with E-state index < -0.39 is 0 Å². The summed E-state index contributed by atoms with van der Waals surface area (Å²) in [7, 11) is 0. The van der Waals surface area contributed by atoms with Crippen LogP contribution in [0.4, 0.5) is 5.69 Å². The molecule has 1 N–H and O–H groups in total. The third kappa shape index (κ3) is 3.12. The van der Waals surface area contributed by atoms with Gasteiger partial charge in [0, 0.05) is 34.6 Å². The van der Waals surface area contributed by atoms with Crippen LogP contribution in [0.3, 0.4) is 0 Å². The van der Waals surface area contributed by atoms with Gasteiger partial charge in [0.1, 0.15) is 5.82 Å². The first-order valence-corrected chi connectivity index (χ1v) is 9.47. The molecule has 5 heteroatoms. The van der Waals surface area contributed by atoms with Gasteiger partial charge in [-0.3, -0.25) is 4.79 Å². The Morgan fingerprint density at radius 2 is 2.00 bits per heavy atom. The average molecular weight is 351 g/mol. The molecule has 2 aromatic heterocycles. The van der Waals surface area contributed by atoms with E-state index in [0.717, 1.165) is 40.5 Å². The maximum atomic E-state index is 12.4. The molecule has 128 valence electrons. The van der Waals surface area contributed by atoms with E-state index in [9.17, 15) is 4.79 Å². The number of hydrogen-bond acceptors (Lipinski definition) is 3. The highest BCUT2D eigenvalue weighted by Gasteiger charge is 2.15. The van der Waals surface area contributed by atoms with Crippen molar-refractivity contribution in [2.24, 2.45) is 0 Å². The van der Waals surface area contributed by atoms with Crippen molar-refractivity contribution >= 4 is 22.9 Å². The number of imidazole rings is 1. The van der Waals surface area contributed by atoms with Gasteiger partial charge in [-0.05, 0) is 69.0 Å². The van der Waals surface area contributed by atoms with Gasteiger partial charge in [-0.1, -0.05) is 0 Å². The number of carbonyl (C=O) groups is 1. The molecule has 3 heterocycles. The van der Waals surface area contributed by atoms with Crippen LogP contribution in [0, 0.1) is 13.8 Å². The van der Waals surface area contributed by atoms with Crippen molar-refractivity contribution in [1.82, 2.24) is 9.55 Å². The van der Waals surface area contributed by atoms with Crippen LogP contribution in [0.1, 0.15) is 38.6 Å². The molecule has 4 nitrogen and oxygen atoms in total. The van der Waals surface area contributed by atoms with Gasteiger partial charge >= 0.3 is 0 Å². The van der Waals surface area contributed by atoms with Crippen LogP contribution in [0.5, 0.6) is 0 Å². The van der Waals surface area contributed by atoms with E-state index in [-0.39, 0.29) is 5.91 Å². The maximum Gasteiger partial charge on any atom is 0.265 e. The van der Waals surface area contributed by atoms with E-state index in [1.165, 1.54) is 34.7 Å². The summed E-state index contributed by atoms with van der Waals surface area (Å²) in [4.78, 5) is 18.9. The van der Waals surface area contributed by atoms with E-state index in [4.69, 9.17) is 0 Å².